The number of anilines is 1. The maximum atomic E-state index is 13.5. The van der Waals surface area contributed by atoms with Gasteiger partial charge in [-0.05, 0) is 25.3 Å². The second-order valence-corrected chi connectivity index (χ2v) is 6.75. The standard InChI is InChI=1S/C16H16F6N4O4/c17-15(18,19)8-5-9(23)10-12-25-26-13(30-12)14(28,16(20,21)22)6-7(27)3-1-2-4-29-11(8)24-10/h5,7,27-28H,1-4,6,23H2. The molecule has 2 aromatic heterocycles. The first-order valence-corrected chi connectivity index (χ1v) is 8.65. The fourth-order valence-electron chi connectivity index (χ4n) is 2.90. The molecule has 4 N–H and O–H groups in total. The molecular weight excluding hydrogens is 426 g/mol. The molecule has 0 saturated carbocycles. The van der Waals surface area contributed by atoms with Crippen LogP contribution in [0.1, 0.15) is 37.1 Å². The molecule has 1 aliphatic heterocycles. The van der Waals surface area contributed by atoms with E-state index in [1.807, 2.05) is 0 Å². The Labute approximate surface area is 164 Å². The first-order chi connectivity index (χ1) is 13.8. The molecule has 2 atom stereocenters. The van der Waals surface area contributed by atoms with Crippen molar-refractivity contribution in [3.63, 3.8) is 0 Å². The van der Waals surface area contributed by atoms with Crippen LogP contribution in [0.4, 0.5) is 32.0 Å². The highest BCUT2D eigenvalue weighted by Crippen LogP contribution is 2.44. The van der Waals surface area contributed by atoms with Crippen molar-refractivity contribution in [1.29, 1.82) is 0 Å². The number of hydrogen-bond donors (Lipinski definition) is 3. The molecule has 8 nitrogen and oxygen atoms in total. The second kappa shape index (κ2) is 7.58. The third-order valence-corrected chi connectivity index (χ3v) is 4.47. The monoisotopic (exact) mass is 442 g/mol. The molecule has 4 bridgehead atoms. The molecule has 1 aliphatic rings. The normalized spacial score (nSPS) is 23.5. The fraction of sp³-hybridized carbons (Fsp3) is 0.562. The molecule has 2 unspecified atom stereocenters. The largest absolute Gasteiger partial charge is 0.477 e. The van der Waals surface area contributed by atoms with Crippen molar-refractivity contribution in [2.75, 3.05) is 12.3 Å². The van der Waals surface area contributed by atoms with E-state index in [0.717, 1.165) is 0 Å². The molecule has 0 fully saturated rings. The topological polar surface area (TPSA) is 128 Å². The van der Waals surface area contributed by atoms with Crippen LogP contribution < -0.4 is 10.5 Å². The Morgan fingerprint density at radius 1 is 1.13 bits per heavy atom. The number of hydrogen-bond acceptors (Lipinski definition) is 8. The van der Waals surface area contributed by atoms with E-state index in [1.165, 1.54) is 0 Å². The van der Waals surface area contributed by atoms with Crippen molar-refractivity contribution in [3.8, 4) is 17.5 Å². The predicted molar refractivity (Wildman–Crippen MR) is 86.9 cm³/mol. The van der Waals surface area contributed by atoms with E-state index in [9.17, 15) is 36.6 Å². The van der Waals surface area contributed by atoms with Crippen molar-refractivity contribution in [1.82, 2.24) is 15.2 Å². The summed E-state index contributed by atoms with van der Waals surface area (Å²) in [5, 5.41) is 26.7. The molecule has 0 amide bonds. The lowest BCUT2D eigenvalue weighted by molar-refractivity contribution is -0.283. The fourth-order valence-corrected chi connectivity index (χ4v) is 2.90. The summed E-state index contributed by atoms with van der Waals surface area (Å²) in [7, 11) is 0. The summed E-state index contributed by atoms with van der Waals surface area (Å²) in [4.78, 5) is 3.62. The van der Waals surface area contributed by atoms with Gasteiger partial charge in [0, 0.05) is 6.42 Å². The number of nitrogens with zero attached hydrogens (tertiary/aromatic N) is 3. The van der Waals surface area contributed by atoms with Crippen molar-refractivity contribution >= 4 is 5.69 Å². The Hall–Kier alpha value is -2.61. The van der Waals surface area contributed by atoms with Gasteiger partial charge in [0.1, 0.15) is 5.56 Å². The number of aromatic nitrogens is 3. The van der Waals surface area contributed by atoms with E-state index in [0.29, 0.717) is 6.07 Å². The molecule has 0 aliphatic carbocycles. The molecule has 2 aromatic rings. The number of fused-ring (bicyclic) bond motifs is 5. The van der Waals surface area contributed by atoms with Crippen molar-refractivity contribution in [3.05, 3.63) is 17.5 Å². The van der Waals surface area contributed by atoms with Gasteiger partial charge in [0.2, 0.25) is 11.5 Å². The average molecular weight is 442 g/mol. The molecule has 0 radical (unpaired) electrons. The lowest BCUT2D eigenvalue weighted by Crippen LogP contribution is -2.45. The van der Waals surface area contributed by atoms with E-state index in [1.54, 1.807) is 0 Å². The van der Waals surface area contributed by atoms with Crippen LogP contribution in [0.5, 0.6) is 5.88 Å². The third kappa shape index (κ3) is 4.14. The van der Waals surface area contributed by atoms with Gasteiger partial charge in [0.05, 0.1) is 18.4 Å². The van der Waals surface area contributed by atoms with Crippen LogP contribution in [0, 0.1) is 0 Å². The van der Waals surface area contributed by atoms with Gasteiger partial charge in [0.25, 0.3) is 11.8 Å². The van der Waals surface area contributed by atoms with Gasteiger partial charge in [-0.1, -0.05) is 0 Å². The summed E-state index contributed by atoms with van der Waals surface area (Å²) in [6.45, 7) is -0.259. The molecule has 30 heavy (non-hydrogen) atoms. The molecule has 14 heteroatoms. The van der Waals surface area contributed by atoms with Gasteiger partial charge in [-0.3, -0.25) is 0 Å². The zero-order chi connectivity index (χ0) is 22.3. The molecular formula is C16H16F6N4O4. The van der Waals surface area contributed by atoms with Crippen LogP contribution in [-0.2, 0) is 11.8 Å². The second-order valence-electron chi connectivity index (χ2n) is 6.75. The number of nitrogen functional groups attached to an aromatic ring is 1. The van der Waals surface area contributed by atoms with Gasteiger partial charge >= 0.3 is 12.4 Å². The van der Waals surface area contributed by atoms with E-state index in [4.69, 9.17) is 14.9 Å². The molecule has 166 valence electrons. The Balaban J connectivity index is 2.16. The Morgan fingerprint density at radius 2 is 1.83 bits per heavy atom. The zero-order valence-corrected chi connectivity index (χ0v) is 15.1. The maximum Gasteiger partial charge on any atom is 0.426 e. The maximum absolute atomic E-state index is 13.5. The molecule has 0 saturated heterocycles. The van der Waals surface area contributed by atoms with Crippen molar-refractivity contribution < 1.29 is 45.7 Å². The molecule has 0 aromatic carbocycles. The first kappa shape index (κ1) is 22.1. The van der Waals surface area contributed by atoms with Gasteiger partial charge in [-0.25, -0.2) is 4.98 Å². The van der Waals surface area contributed by atoms with E-state index >= 15 is 0 Å². The quantitative estimate of drug-likeness (QED) is 0.532. The van der Waals surface area contributed by atoms with Gasteiger partial charge in [-0.2, -0.15) is 26.3 Å². The SMILES string of the molecule is Nc1cc(C(F)(F)F)c2nc1-c1nnc(o1)C(O)(C(F)(F)F)CC(O)CCCCO2. The lowest BCUT2D eigenvalue weighted by atomic mass is 9.93. The van der Waals surface area contributed by atoms with E-state index in [2.05, 4.69) is 15.2 Å². The minimum absolute atomic E-state index is 0.105. The summed E-state index contributed by atoms with van der Waals surface area (Å²) in [5.41, 5.74) is -0.542. The number of alkyl halides is 6. The molecule has 3 heterocycles. The smallest absolute Gasteiger partial charge is 0.426 e. The number of halogens is 6. The van der Waals surface area contributed by atoms with Crippen molar-refractivity contribution in [2.24, 2.45) is 0 Å². The predicted octanol–water partition coefficient (Wildman–Crippen LogP) is 2.80. The number of ether oxygens (including phenoxy) is 1. The summed E-state index contributed by atoms with van der Waals surface area (Å²) in [6, 6.07) is 0.493. The average Bonchev–Trinajstić information content (AvgIpc) is 3.10. The molecule has 3 rings (SSSR count). The number of aliphatic hydroxyl groups excluding tert-OH is 1. The highest BCUT2D eigenvalue weighted by atomic mass is 19.4. The van der Waals surface area contributed by atoms with Crippen molar-refractivity contribution in [2.45, 2.75) is 49.7 Å². The van der Waals surface area contributed by atoms with Gasteiger partial charge < -0.3 is 25.1 Å². The third-order valence-electron chi connectivity index (χ3n) is 4.47. The van der Waals surface area contributed by atoms with E-state index in [-0.39, 0.29) is 25.9 Å². The highest BCUT2D eigenvalue weighted by Gasteiger charge is 2.59. The summed E-state index contributed by atoms with van der Waals surface area (Å²) in [6.07, 6.45) is -12.9. The van der Waals surface area contributed by atoms with Crippen LogP contribution >= 0.6 is 0 Å². The number of nitrogens with two attached hydrogens (primary N) is 1. The summed E-state index contributed by atoms with van der Waals surface area (Å²) >= 11 is 0. The number of rotatable bonds is 0. The van der Waals surface area contributed by atoms with E-state index < -0.39 is 65.1 Å². The van der Waals surface area contributed by atoms with Gasteiger partial charge in [-0.15, -0.1) is 10.2 Å². The first-order valence-electron chi connectivity index (χ1n) is 8.65. The Morgan fingerprint density at radius 3 is 2.47 bits per heavy atom. The van der Waals surface area contributed by atoms with Gasteiger partial charge in [0.15, 0.2) is 5.69 Å². The van der Waals surface area contributed by atoms with Crippen LogP contribution in [0.25, 0.3) is 11.6 Å². The number of pyridine rings is 1. The Bertz CT molecular complexity index is 916. The minimum atomic E-state index is -5.29. The minimum Gasteiger partial charge on any atom is -0.477 e. The van der Waals surface area contributed by atoms with Crippen LogP contribution in [0.3, 0.4) is 0 Å². The number of aliphatic hydroxyl groups is 2. The summed E-state index contributed by atoms with van der Waals surface area (Å²) < 4.78 is 90.4. The highest BCUT2D eigenvalue weighted by molar-refractivity contribution is 5.68. The summed E-state index contributed by atoms with van der Waals surface area (Å²) in [5.74, 6) is -2.92. The Kier molecular flexibility index (Phi) is 5.58. The zero-order valence-electron chi connectivity index (χ0n) is 15.1. The van der Waals surface area contributed by atoms with Crippen LogP contribution in [0.15, 0.2) is 10.5 Å². The van der Waals surface area contributed by atoms with Crippen LogP contribution in [0.2, 0.25) is 0 Å². The van der Waals surface area contributed by atoms with Crippen LogP contribution in [-0.4, -0.2) is 44.3 Å². The lowest BCUT2D eigenvalue weighted by Gasteiger charge is -2.29. The molecule has 0 spiro atoms.